The molecule has 0 spiro atoms. The lowest BCUT2D eigenvalue weighted by atomic mass is 10.1. The molecule has 104 valence electrons. The van der Waals surface area contributed by atoms with Crippen LogP contribution < -0.4 is 0 Å². The number of carbonyl (C=O) groups is 1. The third-order valence-corrected chi connectivity index (χ3v) is 3.20. The van der Waals surface area contributed by atoms with Crippen LogP contribution in [0.4, 0.5) is 0 Å². The number of hydrogen-bond acceptors (Lipinski definition) is 3. The van der Waals surface area contributed by atoms with Gasteiger partial charge in [-0.15, -0.1) is 0 Å². The molecule has 0 amide bonds. The highest BCUT2D eigenvalue weighted by molar-refractivity contribution is 6.70. The van der Waals surface area contributed by atoms with Gasteiger partial charge in [0.05, 0.1) is 6.61 Å². The number of nitrogens with zero attached hydrogens (tertiary/aromatic N) is 2. The van der Waals surface area contributed by atoms with Gasteiger partial charge in [0, 0.05) is 0 Å². The predicted molar refractivity (Wildman–Crippen MR) is 73.0 cm³/mol. The molecule has 1 atom stereocenters. The lowest BCUT2D eigenvalue weighted by Gasteiger charge is -2.22. The maximum absolute atomic E-state index is 11.7. The first kappa shape index (κ1) is 17.0. The van der Waals surface area contributed by atoms with Gasteiger partial charge >= 0.3 is 11.7 Å². The van der Waals surface area contributed by atoms with Crippen LogP contribution in [0.15, 0.2) is 0 Å². The Labute approximate surface area is 110 Å². The van der Waals surface area contributed by atoms with E-state index in [2.05, 4.69) is 11.7 Å². The van der Waals surface area contributed by atoms with Crippen molar-refractivity contribution in [1.29, 1.82) is 0 Å². The van der Waals surface area contributed by atoms with Crippen molar-refractivity contribution in [2.45, 2.75) is 58.9 Å². The average molecular weight is 272 g/mol. The molecule has 0 aromatic heterocycles. The van der Waals surface area contributed by atoms with Crippen molar-refractivity contribution < 1.29 is 18.7 Å². The summed E-state index contributed by atoms with van der Waals surface area (Å²) >= 11 is 0. The summed E-state index contributed by atoms with van der Waals surface area (Å²) < 4.78 is 10.8. The number of ether oxygens (including phenoxy) is 1. The fraction of sp³-hybridized carbons (Fsp3) is 0.833. The van der Waals surface area contributed by atoms with Crippen molar-refractivity contribution in [3.8, 4) is 0 Å². The summed E-state index contributed by atoms with van der Waals surface area (Å²) in [6, 6.07) is 0. The highest BCUT2D eigenvalue weighted by Crippen LogP contribution is 2.14. The number of carbonyl (C=O) groups excluding carboxylic acids is 1. The van der Waals surface area contributed by atoms with Crippen molar-refractivity contribution in [2.75, 3.05) is 6.61 Å². The van der Waals surface area contributed by atoms with Crippen molar-refractivity contribution >= 4 is 20.0 Å². The Morgan fingerprint density at radius 3 is 2.33 bits per heavy atom. The molecule has 0 saturated carbocycles. The van der Waals surface area contributed by atoms with E-state index < -0.39 is 20.4 Å². The zero-order chi connectivity index (χ0) is 14.2. The van der Waals surface area contributed by atoms with Gasteiger partial charge in [0.25, 0.3) is 0 Å². The van der Waals surface area contributed by atoms with Gasteiger partial charge in [-0.05, 0) is 33.0 Å². The molecule has 0 bridgehead atoms. The molecule has 0 aliphatic heterocycles. The quantitative estimate of drug-likeness (QED) is 0.224. The Bertz CT molecular complexity index is 320. The van der Waals surface area contributed by atoms with Crippen LogP contribution in [0, 0.1) is 0 Å². The molecule has 0 aromatic rings. The maximum Gasteiger partial charge on any atom is 0.419 e. The molecule has 18 heavy (non-hydrogen) atoms. The average Bonchev–Trinajstić information content (AvgIpc) is 2.25. The highest BCUT2D eigenvalue weighted by atomic mass is 28.4. The van der Waals surface area contributed by atoms with E-state index in [-0.39, 0.29) is 12.3 Å². The summed E-state index contributed by atoms with van der Waals surface area (Å²) in [7, 11) is -1.82. The van der Waals surface area contributed by atoms with E-state index in [1.165, 1.54) is 0 Å². The number of esters is 1. The van der Waals surface area contributed by atoms with Gasteiger partial charge in [-0.3, -0.25) is 0 Å². The van der Waals surface area contributed by atoms with Gasteiger partial charge in [-0.1, -0.05) is 19.8 Å². The Morgan fingerprint density at radius 2 is 1.94 bits per heavy atom. The molecular weight excluding hydrogens is 248 g/mol. The molecule has 6 heteroatoms. The second-order valence-corrected chi connectivity index (χ2v) is 9.53. The van der Waals surface area contributed by atoms with Crippen molar-refractivity contribution in [1.82, 2.24) is 0 Å². The molecule has 0 radical (unpaired) electrons. The topological polar surface area (TPSA) is 71.9 Å². The van der Waals surface area contributed by atoms with Gasteiger partial charge < -0.3 is 14.7 Å². The van der Waals surface area contributed by atoms with Gasteiger partial charge in [0.15, 0.2) is 14.4 Å². The standard InChI is InChI=1S/C12H24N2O3Si/c1-6-8-9-10(17-18(3,4)5)11(14-13)12(15)16-7-2/h10H,6-9H2,1-5H3. The number of rotatable bonds is 8. The van der Waals surface area contributed by atoms with Crippen LogP contribution in [-0.4, -0.2) is 37.5 Å². The van der Waals surface area contributed by atoms with E-state index in [1.807, 2.05) is 19.6 Å². The lowest BCUT2D eigenvalue weighted by Crippen LogP contribution is -2.41. The van der Waals surface area contributed by atoms with Gasteiger partial charge in [-0.2, -0.15) is 4.79 Å². The summed E-state index contributed by atoms with van der Waals surface area (Å²) in [5.41, 5.74) is 8.99. The van der Waals surface area contributed by atoms with Crippen LogP contribution in [-0.2, 0) is 14.0 Å². The zero-order valence-corrected chi connectivity index (χ0v) is 13.0. The second kappa shape index (κ2) is 8.19. The normalized spacial score (nSPS) is 12.7. The molecule has 1 unspecified atom stereocenters. The Morgan fingerprint density at radius 1 is 1.33 bits per heavy atom. The van der Waals surface area contributed by atoms with Crippen LogP contribution in [0.2, 0.25) is 19.6 Å². The maximum atomic E-state index is 11.7. The molecule has 0 fully saturated rings. The molecule has 0 saturated heterocycles. The summed E-state index contributed by atoms with van der Waals surface area (Å²) in [6.07, 6.45) is 2.10. The van der Waals surface area contributed by atoms with Crippen LogP contribution in [0.3, 0.4) is 0 Å². The molecule has 0 aromatic carbocycles. The van der Waals surface area contributed by atoms with E-state index in [9.17, 15) is 4.79 Å². The second-order valence-electron chi connectivity index (χ2n) is 5.07. The Hall–Kier alpha value is -0.973. The molecule has 0 N–H and O–H groups in total. The largest absolute Gasteiger partial charge is 0.457 e. The van der Waals surface area contributed by atoms with E-state index in [0.717, 1.165) is 12.8 Å². The van der Waals surface area contributed by atoms with Crippen LogP contribution in [0.1, 0.15) is 33.1 Å². The Balaban J connectivity index is 4.90. The van der Waals surface area contributed by atoms with Crippen molar-refractivity contribution in [2.24, 2.45) is 0 Å². The van der Waals surface area contributed by atoms with E-state index in [4.69, 9.17) is 14.7 Å². The monoisotopic (exact) mass is 272 g/mol. The number of unbranched alkanes of at least 4 members (excludes halogenated alkanes) is 1. The summed E-state index contributed by atoms with van der Waals surface area (Å²) in [4.78, 5) is 14.8. The molecule has 0 heterocycles. The fourth-order valence-corrected chi connectivity index (χ4v) is 2.59. The van der Waals surface area contributed by atoms with Crippen LogP contribution >= 0.6 is 0 Å². The first-order valence-corrected chi connectivity index (χ1v) is 9.83. The SMILES string of the molecule is CCCCC(O[Si](C)(C)C)C(=[N+]=[N-])C(=O)OCC. The number of hydrogen-bond donors (Lipinski definition) is 0. The van der Waals surface area contributed by atoms with Crippen LogP contribution in [0.25, 0.3) is 5.53 Å². The third-order valence-electron chi connectivity index (χ3n) is 2.21. The Kier molecular flexibility index (Phi) is 7.74. The predicted octanol–water partition coefficient (Wildman–Crippen LogP) is 2.63. The highest BCUT2D eigenvalue weighted by Gasteiger charge is 2.36. The first-order chi connectivity index (χ1) is 8.35. The summed E-state index contributed by atoms with van der Waals surface area (Å²) in [5.74, 6) is -0.598. The fourth-order valence-electron chi connectivity index (χ4n) is 1.51. The van der Waals surface area contributed by atoms with Gasteiger partial charge in [0.2, 0.25) is 0 Å². The lowest BCUT2D eigenvalue weighted by molar-refractivity contribution is -0.141. The van der Waals surface area contributed by atoms with Crippen molar-refractivity contribution in [3.63, 3.8) is 0 Å². The molecular formula is C12H24N2O3Si. The van der Waals surface area contributed by atoms with E-state index in [1.54, 1.807) is 6.92 Å². The van der Waals surface area contributed by atoms with E-state index >= 15 is 0 Å². The van der Waals surface area contributed by atoms with Crippen LogP contribution in [0.5, 0.6) is 0 Å². The summed E-state index contributed by atoms with van der Waals surface area (Å²) in [6.45, 7) is 10.1. The first-order valence-electron chi connectivity index (χ1n) is 6.42. The molecule has 0 aliphatic rings. The minimum atomic E-state index is -1.82. The third kappa shape index (κ3) is 6.69. The zero-order valence-electron chi connectivity index (χ0n) is 12.0. The van der Waals surface area contributed by atoms with Gasteiger partial charge in [0.1, 0.15) is 0 Å². The summed E-state index contributed by atoms with van der Waals surface area (Å²) in [5, 5.41) is 0. The van der Waals surface area contributed by atoms with Crippen molar-refractivity contribution in [3.05, 3.63) is 5.53 Å². The van der Waals surface area contributed by atoms with E-state index in [0.29, 0.717) is 6.42 Å². The van der Waals surface area contributed by atoms with Gasteiger partial charge in [-0.25, -0.2) is 4.79 Å². The molecule has 5 nitrogen and oxygen atoms in total. The minimum absolute atomic E-state index is 0.0206. The minimum Gasteiger partial charge on any atom is -0.457 e. The molecule has 0 rings (SSSR count). The smallest absolute Gasteiger partial charge is 0.419 e. The molecule has 0 aliphatic carbocycles.